The van der Waals surface area contributed by atoms with Gasteiger partial charge >= 0.3 is 5.97 Å². The third-order valence-electron chi connectivity index (χ3n) is 2.25. The van der Waals surface area contributed by atoms with Gasteiger partial charge in [-0.1, -0.05) is 0 Å². The maximum atomic E-state index is 11.4. The Morgan fingerprint density at radius 3 is 2.89 bits per heavy atom. The van der Waals surface area contributed by atoms with Gasteiger partial charge in [0.05, 0.1) is 24.7 Å². The van der Waals surface area contributed by atoms with Crippen LogP contribution >= 0.6 is 0 Å². The lowest BCUT2D eigenvalue weighted by atomic mass is 10.3. The normalized spacial score (nSPS) is 9.83. The highest BCUT2D eigenvalue weighted by atomic mass is 16.5. The van der Waals surface area contributed by atoms with Crippen molar-refractivity contribution in [3.05, 3.63) is 42.4 Å². The largest absolute Gasteiger partial charge is 0.464 e. The minimum Gasteiger partial charge on any atom is -0.464 e. The number of nitrogens with zero attached hydrogens (tertiary/aromatic N) is 2. The van der Waals surface area contributed by atoms with Crippen LogP contribution in [0.3, 0.4) is 0 Å². The van der Waals surface area contributed by atoms with Crippen LogP contribution in [0, 0.1) is 0 Å². The van der Waals surface area contributed by atoms with Crippen molar-refractivity contribution in [1.82, 2.24) is 9.97 Å². The van der Waals surface area contributed by atoms with Crippen LogP contribution in [-0.2, 0) is 4.74 Å². The van der Waals surface area contributed by atoms with Crippen LogP contribution in [0.4, 0.5) is 17.2 Å². The second-order valence-corrected chi connectivity index (χ2v) is 3.49. The van der Waals surface area contributed by atoms with E-state index >= 15 is 0 Å². The Balaban J connectivity index is 2.30. The summed E-state index contributed by atoms with van der Waals surface area (Å²) in [6.07, 6.45) is 3.29. The number of pyridine rings is 2. The number of esters is 1. The summed E-state index contributed by atoms with van der Waals surface area (Å²) >= 11 is 0. The van der Waals surface area contributed by atoms with Gasteiger partial charge in [0.15, 0.2) is 11.5 Å². The Morgan fingerprint density at radius 1 is 1.39 bits per heavy atom. The molecule has 6 heteroatoms. The predicted molar refractivity (Wildman–Crippen MR) is 67.5 cm³/mol. The van der Waals surface area contributed by atoms with E-state index < -0.39 is 5.97 Å². The Hall–Kier alpha value is -2.63. The molecule has 2 aromatic heterocycles. The summed E-state index contributed by atoms with van der Waals surface area (Å²) < 4.78 is 4.60. The smallest absolute Gasteiger partial charge is 0.356 e. The summed E-state index contributed by atoms with van der Waals surface area (Å²) in [4.78, 5) is 19.4. The van der Waals surface area contributed by atoms with Crippen molar-refractivity contribution < 1.29 is 9.53 Å². The zero-order valence-electron chi connectivity index (χ0n) is 9.75. The molecule has 0 aliphatic carbocycles. The highest BCUT2D eigenvalue weighted by molar-refractivity contribution is 5.88. The molecule has 92 valence electrons. The van der Waals surface area contributed by atoms with Crippen LogP contribution in [0.1, 0.15) is 10.5 Å². The molecule has 0 spiro atoms. The monoisotopic (exact) mass is 244 g/mol. The molecule has 0 amide bonds. The highest BCUT2D eigenvalue weighted by Gasteiger charge is 2.10. The Kier molecular flexibility index (Phi) is 3.38. The average molecular weight is 244 g/mol. The van der Waals surface area contributed by atoms with Gasteiger partial charge in [-0.3, -0.25) is 4.98 Å². The minimum atomic E-state index is -0.510. The quantitative estimate of drug-likeness (QED) is 0.797. The number of hydrogen-bond acceptors (Lipinski definition) is 6. The first-order valence-electron chi connectivity index (χ1n) is 5.22. The topological polar surface area (TPSA) is 90.1 Å². The molecule has 2 heterocycles. The summed E-state index contributed by atoms with van der Waals surface area (Å²) in [5.41, 5.74) is 7.15. The molecule has 0 atom stereocenters. The maximum absolute atomic E-state index is 11.4. The van der Waals surface area contributed by atoms with Crippen LogP contribution in [0.2, 0.25) is 0 Å². The summed E-state index contributed by atoms with van der Waals surface area (Å²) in [5.74, 6) is -0.116. The molecule has 0 saturated heterocycles. The van der Waals surface area contributed by atoms with Crippen LogP contribution in [-0.4, -0.2) is 23.0 Å². The Bertz CT molecular complexity index is 557. The summed E-state index contributed by atoms with van der Waals surface area (Å²) in [6.45, 7) is 0. The standard InChI is InChI=1S/C12H12N4O2/c1-18-12(17)10-5-4-9(13)11(16-10)15-8-3-2-6-14-7-8/h2-7H,13H2,1H3,(H,15,16). The molecule has 0 bridgehead atoms. The van der Waals surface area contributed by atoms with Gasteiger partial charge in [-0.15, -0.1) is 0 Å². The van der Waals surface area contributed by atoms with E-state index in [1.54, 1.807) is 24.5 Å². The van der Waals surface area contributed by atoms with Crippen LogP contribution in [0.25, 0.3) is 0 Å². The van der Waals surface area contributed by atoms with Crippen molar-refractivity contribution in [3.8, 4) is 0 Å². The number of nitrogens with two attached hydrogens (primary N) is 1. The highest BCUT2D eigenvalue weighted by Crippen LogP contribution is 2.20. The molecular weight excluding hydrogens is 232 g/mol. The molecule has 0 radical (unpaired) electrons. The van der Waals surface area contributed by atoms with Gasteiger partial charge in [0.2, 0.25) is 0 Å². The van der Waals surface area contributed by atoms with E-state index in [1.165, 1.54) is 13.2 Å². The van der Waals surface area contributed by atoms with Crippen molar-refractivity contribution in [1.29, 1.82) is 0 Å². The number of ether oxygens (including phenoxy) is 1. The fraction of sp³-hybridized carbons (Fsp3) is 0.0833. The summed E-state index contributed by atoms with van der Waals surface area (Å²) in [7, 11) is 1.30. The number of hydrogen-bond donors (Lipinski definition) is 2. The van der Waals surface area contributed by atoms with E-state index in [9.17, 15) is 4.79 Å². The second kappa shape index (κ2) is 5.13. The number of aromatic nitrogens is 2. The lowest BCUT2D eigenvalue weighted by Gasteiger charge is -2.09. The van der Waals surface area contributed by atoms with Gasteiger partial charge < -0.3 is 15.8 Å². The third-order valence-corrected chi connectivity index (χ3v) is 2.25. The minimum absolute atomic E-state index is 0.193. The van der Waals surface area contributed by atoms with Gasteiger partial charge in [-0.25, -0.2) is 9.78 Å². The molecule has 2 aromatic rings. The molecule has 0 unspecified atom stereocenters. The molecule has 0 fully saturated rings. The average Bonchev–Trinajstić information content (AvgIpc) is 2.41. The van der Waals surface area contributed by atoms with Crippen molar-refractivity contribution in [2.45, 2.75) is 0 Å². The summed E-state index contributed by atoms with van der Waals surface area (Å²) in [6, 6.07) is 6.70. The van der Waals surface area contributed by atoms with Crippen molar-refractivity contribution in [2.75, 3.05) is 18.2 Å². The molecule has 0 aliphatic heterocycles. The van der Waals surface area contributed by atoms with Crippen molar-refractivity contribution in [3.63, 3.8) is 0 Å². The van der Waals surface area contributed by atoms with E-state index in [1.807, 2.05) is 6.07 Å². The number of anilines is 3. The van der Waals surface area contributed by atoms with Gasteiger partial charge in [0, 0.05) is 6.20 Å². The summed E-state index contributed by atoms with van der Waals surface area (Å²) in [5, 5.41) is 2.99. The van der Waals surface area contributed by atoms with Gasteiger partial charge in [-0.05, 0) is 24.3 Å². The van der Waals surface area contributed by atoms with Gasteiger partial charge in [-0.2, -0.15) is 0 Å². The maximum Gasteiger partial charge on any atom is 0.356 e. The van der Waals surface area contributed by atoms with Crippen molar-refractivity contribution in [2.24, 2.45) is 0 Å². The fourth-order valence-electron chi connectivity index (χ4n) is 1.36. The number of rotatable bonds is 3. The Morgan fingerprint density at radius 2 is 2.22 bits per heavy atom. The number of nitrogens with one attached hydrogen (secondary N) is 1. The molecular formula is C12H12N4O2. The predicted octanol–water partition coefficient (Wildman–Crippen LogP) is 1.59. The number of carbonyl (C=O) groups is 1. The Labute approximate surface area is 104 Å². The third kappa shape index (κ3) is 2.54. The van der Waals surface area contributed by atoms with E-state index in [-0.39, 0.29) is 5.69 Å². The van der Waals surface area contributed by atoms with Crippen LogP contribution < -0.4 is 11.1 Å². The van der Waals surface area contributed by atoms with E-state index in [4.69, 9.17) is 5.73 Å². The van der Waals surface area contributed by atoms with Crippen LogP contribution in [0.5, 0.6) is 0 Å². The molecule has 6 nitrogen and oxygen atoms in total. The second-order valence-electron chi connectivity index (χ2n) is 3.49. The van der Waals surface area contributed by atoms with E-state index in [2.05, 4.69) is 20.0 Å². The van der Waals surface area contributed by atoms with Gasteiger partial charge in [0.1, 0.15) is 0 Å². The van der Waals surface area contributed by atoms with E-state index in [0.29, 0.717) is 11.5 Å². The van der Waals surface area contributed by atoms with Crippen molar-refractivity contribution >= 4 is 23.2 Å². The molecule has 2 rings (SSSR count). The van der Waals surface area contributed by atoms with E-state index in [0.717, 1.165) is 5.69 Å². The number of carbonyl (C=O) groups excluding carboxylic acids is 1. The van der Waals surface area contributed by atoms with Crippen LogP contribution in [0.15, 0.2) is 36.7 Å². The lowest BCUT2D eigenvalue weighted by Crippen LogP contribution is -2.07. The lowest BCUT2D eigenvalue weighted by molar-refractivity contribution is 0.0594. The molecule has 18 heavy (non-hydrogen) atoms. The number of methoxy groups -OCH3 is 1. The first-order chi connectivity index (χ1) is 8.70. The molecule has 0 aliphatic rings. The molecule has 0 aromatic carbocycles. The fourth-order valence-corrected chi connectivity index (χ4v) is 1.36. The first kappa shape index (κ1) is 11.8. The SMILES string of the molecule is COC(=O)c1ccc(N)c(Nc2cccnc2)n1. The zero-order chi connectivity index (χ0) is 13.0. The molecule has 0 saturated carbocycles. The molecule has 3 N–H and O–H groups in total. The number of nitrogen functional groups attached to an aromatic ring is 1. The first-order valence-corrected chi connectivity index (χ1v) is 5.22. The van der Waals surface area contributed by atoms with Gasteiger partial charge in [0.25, 0.3) is 0 Å². The zero-order valence-corrected chi connectivity index (χ0v) is 9.75.